The summed E-state index contributed by atoms with van der Waals surface area (Å²) < 4.78 is 0. The zero-order chi connectivity index (χ0) is 16.8. The number of hydrogen-bond acceptors (Lipinski definition) is 2. The highest BCUT2D eigenvalue weighted by Gasteiger charge is 2.23. The predicted molar refractivity (Wildman–Crippen MR) is 102 cm³/mol. The first kappa shape index (κ1) is 16.7. The van der Waals surface area contributed by atoms with Crippen LogP contribution in [0.1, 0.15) is 12.0 Å². The van der Waals surface area contributed by atoms with Gasteiger partial charge in [-0.15, -0.1) is 0 Å². The number of anilines is 1. The first-order valence-corrected chi connectivity index (χ1v) is 8.64. The molecule has 0 radical (unpaired) electrons. The third kappa shape index (κ3) is 4.42. The van der Waals surface area contributed by atoms with E-state index >= 15 is 0 Å². The summed E-state index contributed by atoms with van der Waals surface area (Å²) in [6.45, 7) is 2.75. The second kappa shape index (κ2) is 8.06. The number of nitrogens with one attached hydrogen (secondary N) is 2. The zero-order valence-corrected chi connectivity index (χ0v) is 14.6. The van der Waals surface area contributed by atoms with Gasteiger partial charge in [0.2, 0.25) is 0 Å². The fourth-order valence-electron chi connectivity index (χ4n) is 2.97. The Kier molecular flexibility index (Phi) is 5.59. The molecular formula is C19H23ClN4. The van der Waals surface area contributed by atoms with Gasteiger partial charge in [-0.1, -0.05) is 41.9 Å². The molecular weight excluding hydrogens is 320 g/mol. The van der Waals surface area contributed by atoms with Crippen molar-refractivity contribution in [1.29, 1.82) is 0 Å². The quantitative estimate of drug-likeness (QED) is 0.661. The lowest BCUT2D eigenvalue weighted by molar-refractivity contribution is 0.648. The summed E-state index contributed by atoms with van der Waals surface area (Å²) in [7, 11) is 1.80. The van der Waals surface area contributed by atoms with Crippen molar-refractivity contribution in [1.82, 2.24) is 10.6 Å². The molecule has 1 fully saturated rings. The van der Waals surface area contributed by atoms with Crippen LogP contribution >= 0.6 is 11.6 Å². The van der Waals surface area contributed by atoms with Crippen LogP contribution in [0.25, 0.3) is 0 Å². The molecule has 0 amide bonds. The van der Waals surface area contributed by atoms with E-state index in [1.807, 2.05) is 18.2 Å². The van der Waals surface area contributed by atoms with Gasteiger partial charge in [0.05, 0.1) is 0 Å². The third-order valence-corrected chi connectivity index (χ3v) is 4.46. The van der Waals surface area contributed by atoms with Gasteiger partial charge in [-0.25, -0.2) is 0 Å². The molecule has 2 N–H and O–H groups in total. The summed E-state index contributed by atoms with van der Waals surface area (Å²) in [5.41, 5.74) is 2.42. The summed E-state index contributed by atoms with van der Waals surface area (Å²) in [5, 5.41) is 7.63. The molecule has 1 aliphatic heterocycles. The molecule has 1 saturated heterocycles. The van der Waals surface area contributed by atoms with Gasteiger partial charge in [0.25, 0.3) is 0 Å². The highest BCUT2D eigenvalue weighted by Crippen LogP contribution is 2.19. The van der Waals surface area contributed by atoms with E-state index in [2.05, 4.69) is 56.9 Å². The normalized spacial score (nSPS) is 17.8. The zero-order valence-electron chi connectivity index (χ0n) is 13.9. The van der Waals surface area contributed by atoms with Crippen LogP contribution in [0.5, 0.6) is 0 Å². The molecule has 0 spiro atoms. The van der Waals surface area contributed by atoms with Crippen molar-refractivity contribution in [3.8, 4) is 0 Å². The molecule has 2 aromatic rings. The molecule has 1 unspecified atom stereocenters. The molecule has 3 rings (SSSR count). The standard InChI is InChI=1S/C19H23ClN4/c1-21-19(22-13-15-6-5-7-16(20)12-15)23-17-10-11-24(14-17)18-8-3-2-4-9-18/h2-9,12,17H,10-11,13-14H2,1H3,(H2,21,22,23). The summed E-state index contributed by atoms with van der Waals surface area (Å²) >= 11 is 6.03. The van der Waals surface area contributed by atoms with Crippen LogP contribution in [0.15, 0.2) is 59.6 Å². The monoisotopic (exact) mass is 342 g/mol. The average molecular weight is 343 g/mol. The highest BCUT2D eigenvalue weighted by atomic mass is 35.5. The maximum absolute atomic E-state index is 6.03. The molecule has 0 saturated carbocycles. The molecule has 5 heteroatoms. The van der Waals surface area contributed by atoms with Gasteiger partial charge in [0, 0.05) is 43.4 Å². The smallest absolute Gasteiger partial charge is 0.191 e. The Labute approximate surface area is 148 Å². The molecule has 0 aromatic heterocycles. The van der Waals surface area contributed by atoms with Gasteiger partial charge in [0.1, 0.15) is 0 Å². The van der Waals surface area contributed by atoms with E-state index in [9.17, 15) is 0 Å². The molecule has 1 heterocycles. The Bertz CT molecular complexity index is 687. The number of halogens is 1. The van der Waals surface area contributed by atoms with E-state index < -0.39 is 0 Å². The van der Waals surface area contributed by atoms with Gasteiger partial charge in [-0.05, 0) is 36.2 Å². The minimum absolute atomic E-state index is 0.399. The molecule has 126 valence electrons. The largest absolute Gasteiger partial charge is 0.369 e. The molecule has 24 heavy (non-hydrogen) atoms. The first-order valence-electron chi connectivity index (χ1n) is 8.26. The van der Waals surface area contributed by atoms with Crippen molar-refractivity contribution < 1.29 is 0 Å². The summed E-state index contributed by atoms with van der Waals surface area (Å²) in [5.74, 6) is 0.829. The van der Waals surface area contributed by atoms with Crippen molar-refractivity contribution in [2.45, 2.75) is 19.0 Å². The number of nitrogens with zero attached hydrogens (tertiary/aromatic N) is 2. The lowest BCUT2D eigenvalue weighted by atomic mass is 10.2. The molecule has 0 bridgehead atoms. The van der Waals surface area contributed by atoms with E-state index in [0.717, 1.165) is 36.1 Å². The van der Waals surface area contributed by atoms with Crippen molar-refractivity contribution in [3.63, 3.8) is 0 Å². The van der Waals surface area contributed by atoms with Gasteiger partial charge in [-0.3, -0.25) is 4.99 Å². The van der Waals surface area contributed by atoms with Crippen LogP contribution in [-0.4, -0.2) is 32.1 Å². The third-order valence-electron chi connectivity index (χ3n) is 4.22. The van der Waals surface area contributed by atoms with Crippen molar-refractivity contribution in [2.24, 2.45) is 4.99 Å². The van der Waals surface area contributed by atoms with Crippen LogP contribution < -0.4 is 15.5 Å². The SMILES string of the molecule is CN=C(NCc1cccc(Cl)c1)NC1CCN(c2ccccc2)C1. The number of rotatable bonds is 4. The minimum atomic E-state index is 0.399. The van der Waals surface area contributed by atoms with E-state index in [-0.39, 0.29) is 0 Å². The summed E-state index contributed by atoms with van der Waals surface area (Å²) in [6.07, 6.45) is 1.10. The predicted octanol–water partition coefficient (Wildman–Crippen LogP) is 3.28. The van der Waals surface area contributed by atoms with Gasteiger partial charge < -0.3 is 15.5 Å². The minimum Gasteiger partial charge on any atom is -0.369 e. The van der Waals surface area contributed by atoms with Crippen molar-refractivity contribution >= 4 is 23.2 Å². The van der Waals surface area contributed by atoms with Gasteiger partial charge >= 0.3 is 0 Å². The van der Waals surface area contributed by atoms with Crippen LogP contribution in [0.2, 0.25) is 5.02 Å². The second-order valence-corrected chi connectivity index (χ2v) is 6.40. The number of para-hydroxylation sites is 1. The van der Waals surface area contributed by atoms with E-state index in [4.69, 9.17) is 11.6 Å². The fraction of sp³-hybridized carbons (Fsp3) is 0.316. The Morgan fingerprint density at radius 3 is 2.79 bits per heavy atom. The van der Waals surface area contributed by atoms with E-state index in [1.54, 1.807) is 7.05 Å². The van der Waals surface area contributed by atoms with Crippen LogP contribution in [0, 0.1) is 0 Å². The Balaban J connectivity index is 1.51. The first-order chi connectivity index (χ1) is 11.7. The van der Waals surface area contributed by atoms with Gasteiger partial charge in [0.15, 0.2) is 5.96 Å². The molecule has 1 aliphatic rings. The maximum Gasteiger partial charge on any atom is 0.191 e. The van der Waals surface area contributed by atoms with E-state index in [0.29, 0.717) is 12.6 Å². The fourth-order valence-corrected chi connectivity index (χ4v) is 3.18. The number of aliphatic imine (C=N–C) groups is 1. The lowest BCUT2D eigenvalue weighted by Gasteiger charge is -2.20. The van der Waals surface area contributed by atoms with Crippen molar-refractivity contribution in [3.05, 3.63) is 65.2 Å². The summed E-state index contributed by atoms with van der Waals surface area (Å²) in [4.78, 5) is 6.73. The Morgan fingerprint density at radius 2 is 2.04 bits per heavy atom. The number of hydrogen-bond donors (Lipinski definition) is 2. The molecule has 4 nitrogen and oxygen atoms in total. The number of guanidine groups is 1. The van der Waals surface area contributed by atoms with Crippen LogP contribution in [0.4, 0.5) is 5.69 Å². The van der Waals surface area contributed by atoms with Gasteiger partial charge in [-0.2, -0.15) is 0 Å². The molecule has 1 atom stereocenters. The van der Waals surface area contributed by atoms with Crippen LogP contribution in [0.3, 0.4) is 0 Å². The maximum atomic E-state index is 6.03. The van der Waals surface area contributed by atoms with Crippen LogP contribution in [-0.2, 0) is 6.54 Å². The molecule has 2 aromatic carbocycles. The average Bonchev–Trinajstić information content (AvgIpc) is 3.08. The Morgan fingerprint density at radius 1 is 1.21 bits per heavy atom. The Hall–Kier alpha value is -2.20. The van der Waals surface area contributed by atoms with Crippen molar-refractivity contribution in [2.75, 3.05) is 25.0 Å². The topological polar surface area (TPSA) is 39.7 Å². The van der Waals surface area contributed by atoms with E-state index in [1.165, 1.54) is 5.69 Å². The molecule has 0 aliphatic carbocycles. The highest BCUT2D eigenvalue weighted by molar-refractivity contribution is 6.30. The number of benzene rings is 2. The lowest BCUT2D eigenvalue weighted by Crippen LogP contribution is -2.44. The second-order valence-electron chi connectivity index (χ2n) is 5.97. The summed E-state index contributed by atoms with van der Waals surface area (Å²) in [6, 6.07) is 18.8.